The van der Waals surface area contributed by atoms with Crippen molar-refractivity contribution in [1.29, 1.82) is 0 Å². The highest BCUT2D eigenvalue weighted by Gasteiger charge is 2.24. The van der Waals surface area contributed by atoms with Gasteiger partial charge in [0.2, 0.25) is 0 Å². The minimum atomic E-state index is -0.288. The van der Waals surface area contributed by atoms with Crippen LogP contribution in [0.4, 0.5) is 0 Å². The topological polar surface area (TPSA) is 81.1 Å². The van der Waals surface area contributed by atoms with Crippen molar-refractivity contribution >= 4 is 11.6 Å². The molecule has 0 fully saturated rings. The number of hydrogen-bond acceptors (Lipinski definition) is 6. The highest BCUT2D eigenvalue weighted by atomic mass is 16.3. The Morgan fingerprint density at radius 3 is 1.61 bits per heavy atom. The van der Waals surface area contributed by atoms with E-state index in [-0.39, 0.29) is 52.8 Å². The van der Waals surface area contributed by atoms with Crippen molar-refractivity contribution in [1.82, 2.24) is 9.80 Å². The maximum atomic E-state index is 12.3. The van der Waals surface area contributed by atoms with Crippen molar-refractivity contribution in [2.24, 2.45) is 0 Å². The van der Waals surface area contributed by atoms with Crippen LogP contribution in [0.5, 0.6) is 11.5 Å². The second-order valence-corrected chi connectivity index (χ2v) is 6.22. The van der Waals surface area contributed by atoms with E-state index in [2.05, 4.69) is 0 Å². The van der Waals surface area contributed by atoms with Crippen LogP contribution in [0.3, 0.4) is 0 Å². The lowest BCUT2D eigenvalue weighted by atomic mass is 9.94. The van der Waals surface area contributed by atoms with Crippen molar-refractivity contribution in [3.05, 3.63) is 22.8 Å². The molecular formula is C17H26N2O4. The molecule has 23 heavy (non-hydrogen) atoms. The molecule has 0 saturated heterocycles. The summed E-state index contributed by atoms with van der Waals surface area (Å²) in [6, 6.07) is 1.31. The average Bonchev–Trinajstić information content (AvgIpc) is 2.41. The number of carbonyl (C=O) groups is 2. The number of likely N-dealkylation sites (N-methyl/N-ethyl adjacent to an activating group) is 2. The van der Waals surface area contributed by atoms with Crippen molar-refractivity contribution in [3.63, 3.8) is 0 Å². The normalized spacial score (nSPS) is 11.3. The summed E-state index contributed by atoms with van der Waals surface area (Å²) < 4.78 is 0. The third kappa shape index (κ3) is 4.77. The Labute approximate surface area is 137 Å². The lowest BCUT2D eigenvalue weighted by molar-refractivity contribution is 0.0955. The molecule has 1 aromatic carbocycles. The van der Waals surface area contributed by atoms with E-state index in [1.807, 2.05) is 6.92 Å². The predicted molar refractivity (Wildman–Crippen MR) is 89.5 cm³/mol. The number of hydrogen-bond donors (Lipinski definition) is 2. The Morgan fingerprint density at radius 1 is 0.913 bits per heavy atom. The molecule has 0 amide bonds. The Kier molecular flexibility index (Phi) is 6.72. The third-order valence-electron chi connectivity index (χ3n) is 3.39. The SMILES string of the molecule is CCCc1c(O)c(C(=O)CN(C)C)cc(C(=O)CN(C)C)c1O. The van der Waals surface area contributed by atoms with Crippen LogP contribution in [-0.4, -0.2) is 72.9 Å². The molecule has 0 aliphatic carbocycles. The summed E-state index contributed by atoms with van der Waals surface area (Å²) in [7, 11) is 7.00. The van der Waals surface area contributed by atoms with E-state index in [1.165, 1.54) is 6.07 Å². The largest absolute Gasteiger partial charge is 0.507 e. The van der Waals surface area contributed by atoms with Gasteiger partial charge < -0.3 is 20.0 Å². The van der Waals surface area contributed by atoms with Crippen LogP contribution in [0.1, 0.15) is 39.6 Å². The summed E-state index contributed by atoms with van der Waals surface area (Å²) in [5.41, 5.74) is 0.434. The van der Waals surface area contributed by atoms with Crippen LogP contribution in [0, 0.1) is 0 Å². The monoisotopic (exact) mass is 322 g/mol. The quantitative estimate of drug-likeness (QED) is 0.707. The highest BCUT2D eigenvalue weighted by Crippen LogP contribution is 2.36. The zero-order valence-electron chi connectivity index (χ0n) is 14.5. The molecule has 0 unspecified atom stereocenters. The summed E-state index contributed by atoms with van der Waals surface area (Å²) in [5, 5.41) is 20.7. The van der Waals surface area contributed by atoms with Gasteiger partial charge in [-0.3, -0.25) is 9.59 Å². The molecular weight excluding hydrogens is 296 g/mol. The van der Waals surface area contributed by atoms with Gasteiger partial charge in [-0.25, -0.2) is 0 Å². The van der Waals surface area contributed by atoms with Gasteiger partial charge in [-0.1, -0.05) is 13.3 Å². The Balaban J connectivity index is 3.43. The van der Waals surface area contributed by atoms with Crippen LogP contribution in [0.15, 0.2) is 6.07 Å². The van der Waals surface area contributed by atoms with Gasteiger partial charge in [-0.15, -0.1) is 0 Å². The number of phenolic OH excluding ortho intramolecular Hbond substituents is 2. The first-order valence-electron chi connectivity index (χ1n) is 7.62. The van der Waals surface area contributed by atoms with Gasteiger partial charge in [0.05, 0.1) is 24.2 Å². The number of ketones is 2. The fraction of sp³-hybridized carbons (Fsp3) is 0.529. The standard InChI is InChI=1S/C17H26N2O4/c1-6-7-11-16(22)12(14(20)9-18(2)3)8-13(17(11)23)15(21)10-19(4)5/h8,22-23H,6-7,9-10H2,1-5H3. The number of benzene rings is 1. The molecule has 6 nitrogen and oxygen atoms in total. The minimum Gasteiger partial charge on any atom is -0.507 e. The zero-order chi connectivity index (χ0) is 17.7. The number of Topliss-reactive ketones (excluding diaryl/α,β-unsaturated/α-hetero) is 2. The average molecular weight is 322 g/mol. The lowest BCUT2D eigenvalue weighted by Crippen LogP contribution is -2.24. The Morgan fingerprint density at radius 2 is 1.30 bits per heavy atom. The highest BCUT2D eigenvalue weighted by molar-refractivity contribution is 6.06. The molecule has 2 N–H and O–H groups in total. The summed E-state index contributed by atoms with van der Waals surface area (Å²) in [5.74, 6) is -1.03. The van der Waals surface area contributed by atoms with Gasteiger partial charge in [0.1, 0.15) is 11.5 Å². The van der Waals surface area contributed by atoms with E-state index >= 15 is 0 Å². The van der Waals surface area contributed by atoms with Gasteiger partial charge in [-0.2, -0.15) is 0 Å². The molecule has 0 aliphatic rings. The Hall–Kier alpha value is -1.92. The van der Waals surface area contributed by atoms with E-state index < -0.39 is 0 Å². The van der Waals surface area contributed by atoms with E-state index in [1.54, 1.807) is 38.0 Å². The van der Waals surface area contributed by atoms with Gasteiger partial charge in [-0.05, 0) is 40.7 Å². The van der Waals surface area contributed by atoms with Crippen LogP contribution < -0.4 is 0 Å². The molecule has 0 aliphatic heterocycles. The Bertz CT molecular complexity index is 548. The fourth-order valence-corrected chi connectivity index (χ4v) is 2.38. The molecule has 0 atom stereocenters. The summed E-state index contributed by atoms with van der Waals surface area (Å²) in [4.78, 5) is 28.1. The van der Waals surface area contributed by atoms with E-state index in [9.17, 15) is 19.8 Å². The predicted octanol–water partition coefficient (Wildman–Crippen LogP) is 1.54. The second kappa shape index (κ2) is 8.08. The fourth-order valence-electron chi connectivity index (χ4n) is 2.38. The van der Waals surface area contributed by atoms with Gasteiger partial charge in [0, 0.05) is 5.56 Å². The molecule has 0 aromatic heterocycles. The maximum Gasteiger partial charge on any atom is 0.180 e. The molecule has 0 heterocycles. The first kappa shape index (κ1) is 19.1. The smallest absolute Gasteiger partial charge is 0.180 e. The molecule has 6 heteroatoms. The molecule has 0 radical (unpaired) electrons. The van der Waals surface area contributed by atoms with Gasteiger partial charge >= 0.3 is 0 Å². The number of carbonyl (C=O) groups excluding carboxylic acids is 2. The number of aromatic hydroxyl groups is 2. The van der Waals surface area contributed by atoms with Crippen molar-refractivity contribution in [3.8, 4) is 11.5 Å². The van der Waals surface area contributed by atoms with E-state index in [4.69, 9.17) is 0 Å². The van der Waals surface area contributed by atoms with Gasteiger partial charge in [0.25, 0.3) is 0 Å². The molecule has 128 valence electrons. The molecule has 1 aromatic rings. The number of nitrogens with zero attached hydrogens (tertiary/aromatic N) is 2. The van der Waals surface area contributed by atoms with Crippen molar-refractivity contribution in [2.45, 2.75) is 19.8 Å². The molecule has 0 saturated carbocycles. The third-order valence-corrected chi connectivity index (χ3v) is 3.39. The second-order valence-electron chi connectivity index (χ2n) is 6.22. The number of phenols is 2. The van der Waals surface area contributed by atoms with Crippen LogP contribution >= 0.6 is 0 Å². The number of rotatable bonds is 8. The molecule has 0 bridgehead atoms. The lowest BCUT2D eigenvalue weighted by Gasteiger charge is -2.17. The van der Waals surface area contributed by atoms with Gasteiger partial charge in [0.15, 0.2) is 11.6 Å². The summed E-state index contributed by atoms with van der Waals surface area (Å²) in [6.45, 7) is 2.13. The minimum absolute atomic E-state index is 0.0852. The van der Waals surface area contributed by atoms with E-state index in [0.29, 0.717) is 12.8 Å². The van der Waals surface area contributed by atoms with Crippen LogP contribution in [-0.2, 0) is 6.42 Å². The molecule has 0 spiro atoms. The first-order chi connectivity index (χ1) is 10.7. The molecule has 1 rings (SSSR count). The first-order valence-corrected chi connectivity index (χ1v) is 7.62. The van der Waals surface area contributed by atoms with E-state index in [0.717, 1.165) is 0 Å². The summed E-state index contributed by atoms with van der Waals surface area (Å²) in [6.07, 6.45) is 1.07. The summed E-state index contributed by atoms with van der Waals surface area (Å²) >= 11 is 0. The zero-order valence-corrected chi connectivity index (χ0v) is 14.5. The van der Waals surface area contributed by atoms with Crippen LogP contribution in [0.25, 0.3) is 0 Å². The van der Waals surface area contributed by atoms with Crippen molar-refractivity contribution < 1.29 is 19.8 Å². The maximum absolute atomic E-state index is 12.3. The van der Waals surface area contributed by atoms with Crippen LogP contribution in [0.2, 0.25) is 0 Å². The van der Waals surface area contributed by atoms with Crippen molar-refractivity contribution in [2.75, 3.05) is 41.3 Å².